The number of thioether (sulfide) groups is 1. The maximum Gasteiger partial charge on any atom is 0.128 e. The third kappa shape index (κ3) is 4.60. The van der Waals surface area contributed by atoms with Crippen molar-refractivity contribution in [2.45, 2.75) is 11.1 Å². The zero-order chi connectivity index (χ0) is 20.9. The zero-order valence-corrected chi connectivity index (χ0v) is 17.3. The average Bonchev–Trinajstić information content (AvgIpc) is 3.22. The molecule has 0 saturated heterocycles. The van der Waals surface area contributed by atoms with Gasteiger partial charge in [0, 0.05) is 16.7 Å². The molecule has 5 nitrogen and oxygen atoms in total. The van der Waals surface area contributed by atoms with Gasteiger partial charge < -0.3 is 9.84 Å². The van der Waals surface area contributed by atoms with E-state index in [2.05, 4.69) is 16.0 Å². The minimum Gasteiger partial charge on any atom is -0.491 e. The number of fused-ring (bicyclic) bond motifs is 1. The molecule has 150 valence electrons. The van der Waals surface area contributed by atoms with E-state index in [-0.39, 0.29) is 12.4 Å². The number of ether oxygens (including phenoxy) is 1. The number of nitriles is 1. The molecule has 0 saturated carbocycles. The molecule has 2 aromatic heterocycles. The van der Waals surface area contributed by atoms with Gasteiger partial charge in [-0.2, -0.15) is 5.26 Å². The third-order valence-corrected chi connectivity index (χ3v) is 6.35. The summed E-state index contributed by atoms with van der Waals surface area (Å²) >= 11 is 2.93. The molecule has 0 aliphatic heterocycles. The van der Waals surface area contributed by atoms with Crippen molar-refractivity contribution in [3.63, 3.8) is 0 Å². The van der Waals surface area contributed by atoms with Crippen LogP contribution in [-0.2, 0) is 0 Å². The van der Waals surface area contributed by atoms with Gasteiger partial charge in [-0.15, -0.1) is 23.1 Å². The molecule has 1 N–H and O–H groups in total. The highest BCUT2D eigenvalue weighted by atomic mass is 32.2. The van der Waals surface area contributed by atoms with E-state index < -0.39 is 6.10 Å². The predicted molar refractivity (Wildman–Crippen MR) is 116 cm³/mol. The lowest BCUT2D eigenvalue weighted by atomic mass is 10.1. The molecule has 0 bridgehead atoms. The fourth-order valence-electron chi connectivity index (χ4n) is 2.84. The summed E-state index contributed by atoms with van der Waals surface area (Å²) in [5.74, 6) is 0.703. The summed E-state index contributed by atoms with van der Waals surface area (Å²) in [6.45, 7) is 0.127. The average molecular weight is 438 g/mol. The van der Waals surface area contributed by atoms with E-state index >= 15 is 0 Å². The number of rotatable bonds is 7. The molecule has 0 fully saturated rings. The zero-order valence-electron chi connectivity index (χ0n) is 15.7. The summed E-state index contributed by atoms with van der Waals surface area (Å²) in [4.78, 5) is 9.57. The first-order valence-electron chi connectivity index (χ1n) is 9.06. The number of hydrogen-bond acceptors (Lipinski definition) is 7. The minimum absolute atomic E-state index is 0.127. The molecule has 0 amide bonds. The Kier molecular flexibility index (Phi) is 6.23. The highest BCUT2D eigenvalue weighted by molar-refractivity contribution is 7.99. The van der Waals surface area contributed by atoms with E-state index in [0.29, 0.717) is 17.1 Å². The first-order valence-corrected chi connectivity index (χ1v) is 10.9. The summed E-state index contributed by atoms with van der Waals surface area (Å²) in [6.07, 6.45) is 0.804. The van der Waals surface area contributed by atoms with Crippen LogP contribution < -0.4 is 4.74 Å². The lowest BCUT2D eigenvalue weighted by Gasteiger charge is -2.12. The molecule has 4 rings (SSSR count). The van der Waals surface area contributed by atoms with Crippen molar-refractivity contribution in [2.75, 3.05) is 12.4 Å². The highest BCUT2D eigenvalue weighted by Gasteiger charge is 2.15. The van der Waals surface area contributed by atoms with E-state index in [1.54, 1.807) is 36.4 Å². The Morgan fingerprint density at radius 2 is 1.90 bits per heavy atom. The molecule has 2 heterocycles. The summed E-state index contributed by atoms with van der Waals surface area (Å²) in [5.41, 5.74) is 2.39. The normalized spacial score (nSPS) is 11.9. The van der Waals surface area contributed by atoms with Crippen molar-refractivity contribution in [3.8, 4) is 22.9 Å². The second-order valence-electron chi connectivity index (χ2n) is 6.43. The summed E-state index contributed by atoms with van der Waals surface area (Å²) in [6, 6.07) is 15.1. The van der Waals surface area contributed by atoms with Gasteiger partial charge in [0.25, 0.3) is 0 Å². The maximum absolute atomic E-state index is 13.3. The van der Waals surface area contributed by atoms with Gasteiger partial charge >= 0.3 is 0 Å². The van der Waals surface area contributed by atoms with Crippen LogP contribution in [0.15, 0.2) is 65.3 Å². The van der Waals surface area contributed by atoms with Crippen LogP contribution in [0.3, 0.4) is 0 Å². The number of benzene rings is 2. The Balaban J connectivity index is 1.45. The second-order valence-corrected chi connectivity index (χ2v) is 8.29. The number of aliphatic hydroxyl groups excluding tert-OH is 1. The Labute approximate surface area is 180 Å². The van der Waals surface area contributed by atoms with Crippen LogP contribution in [0, 0.1) is 17.1 Å². The molecule has 4 aromatic rings. The van der Waals surface area contributed by atoms with Crippen LogP contribution in [0.2, 0.25) is 0 Å². The molecule has 0 radical (unpaired) electrons. The van der Waals surface area contributed by atoms with Gasteiger partial charge in [-0.1, -0.05) is 12.1 Å². The Bertz CT molecular complexity index is 1190. The smallest absolute Gasteiger partial charge is 0.128 e. The minimum atomic E-state index is -0.705. The van der Waals surface area contributed by atoms with Crippen molar-refractivity contribution in [3.05, 3.63) is 71.6 Å². The van der Waals surface area contributed by atoms with Gasteiger partial charge in [-0.05, 0) is 42.0 Å². The molecule has 2 aromatic carbocycles. The highest BCUT2D eigenvalue weighted by Crippen LogP contribution is 2.38. The monoisotopic (exact) mass is 437 g/mol. The lowest BCUT2D eigenvalue weighted by Crippen LogP contribution is -2.20. The van der Waals surface area contributed by atoms with Gasteiger partial charge in [0.1, 0.15) is 34.4 Å². The van der Waals surface area contributed by atoms with Crippen molar-refractivity contribution < 1.29 is 14.2 Å². The van der Waals surface area contributed by atoms with Gasteiger partial charge in [0.15, 0.2) is 0 Å². The van der Waals surface area contributed by atoms with Crippen molar-refractivity contribution >= 4 is 33.3 Å². The number of thiophene rings is 1. The molecule has 0 aliphatic rings. The lowest BCUT2D eigenvalue weighted by molar-refractivity contribution is 0.126. The van der Waals surface area contributed by atoms with Crippen LogP contribution in [0.4, 0.5) is 4.39 Å². The van der Waals surface area contributed by atoms with Gasteiger partial charge in [0.2, 0.25) is 0 Å². The van der Waals surface area contributed by atoms with Crippen LogP contribution in [0.5, 0.6) is 5.75 Å². The van der Waals surface area contributed by atoms with Crippen LogP contribution in [-0.4, -0.2) is 33.5 Å². The van der Waals surface area contributed by atoms with Gasteiger partial charge in [-0.3, -0.25) is 0 Å². The number of halogens is 1. The SMILES string of the molecule is N#Cc1ccc(OC[C@@H](O)CSc2ncnc3scc(-c4ccc(F)cc4)c23)cc1. The summed E-state index contributed by atoms with van der Waals surface area (Å²) in [5, 5.41) is 22.8. The summed E-state index contributed by atoms with van der Waals surface area (Å²) in [7, 11) is 0. The molecule has 0 spiro atoms. The van der Waals surface area contributed by atoms with Crippen LogP contribution >= 0.6 is 23.1 Å². The van der Waals surface area contributed by atoms with Crippen molar-refractivity contribution in [1.82, 2.24) is 9.97 Å². The number of hydrogen-bond donors (Lipinski definition) is 1. The molecule has 8 heteroatoms. The van der Waals surface area contributed by atoms with E-state index in [4.69, 9.17) is 10.00 Å². The quantitative estimate of drug-likeness (QED) is 0.327. The first kappa shape index (κ1) is 20.3. The van der Waals surface area contributed by atoms with E-state index in [9.17, 15) is 9.50 Å². The molecule has 0 aliphatic carbocycles. The molecular formula is C22H16FN3O2S2. The fraction of sp³-hybridized carbons (Fsp3) is 0.136. The second kappa shape index (κ2) is 9.22. The third-order valence-electron chi connectivity index (χ3n) is 4.33. The largest absolute Gasteiger partial charge is 0.491 e. The van der Waals surface area contributed by atoms with Gasteiger partial charge in [0.05, 0.1) is 23.1 Å². The van der Waals surface area contributed by atoms with Crippen LogP contribution in [0.1, 0.15) is 5.56 Å². The Morgan fingerprint density at radius 3 is 2.63 bits per heavy atom. The molecule has 0 unspecified atom stereocenters. The van der Waals surface area contributed by atoms with Gasteiger partial charge in [-0.25, -0.2) is 14.4 Å². The number of nitrogens with zero attached hydrogens (tertiary/aromatic N) is 3. The van der Waals surface area contributed by atoms with E-state index in [1.165, 1.54) is 41.6 Å². The predicted octanol–water partition coefficient (Wildman–Crippen LogP) is 4.90. The van der Waals surface area contributed by atoms with Crippen LogP contribution in [0.25, 0.3) is 21.3 Å². The number of aliphatic hydroxyl groups is 1. The van der Waals surface area contributed by atoms with E-state index in [0.717, 1.165) is 26.4 Å². The molecule has 30 heavy (non-hydrogen) atoms. The van der Waals surface area contributed by atoms with Crippen molar-refractivity contribution in [1.29, 1.82) is 5.26 Å². The molecule has 1 atom stereocenters. The topological polar surface area (TPSA) is 79.0 Å². The first-order chi connectivity index (χ1) is 14.6. The summed E-state index contributed by atoms with van der Waals surface area (Å²) < 4.78 is 18.9. The molecular weight excluding hydrogens is 421 g/mol. The number of aromatic nitrogens is 2. The van der Waals surface area contributed by atoms with Crippen molar-refractivity contribution in [2.24, 2.45) is 0 Å². The maximum atomic E-state index is 13.3. The Morgan fingerprint density at radius 1 is 1.13 bits per heavy atom. The van der Waals surface area contributed by atoms with E-state index in [1.807, 2.05) is 5.38 Å². The standard InChI is InChI=1S/C22H16FN3O2S2/c23-16-5-3-15(4-6-16)19-12-30-22-20(19)21(25-13-26-22)29-11-17(27)10-28-18-7-1-14(9-24)2-8-18/h1-8,12-13,17,27H,10-11H2/t17-/m1/s1. The fourth-order valence-corrected chi connectivity index (χ4v) is 4.74. The Hall–Kier alpha value is -2.99.